The molecule has 0 aliphatic carbocycles. The number of benzene rings is 3. The molecule has 2 heterocycles. The Kier molecular flexibility index (Phi) is 5.01. The fraction of sp³-hybridized carbons (Fsp3) is 0.269. The summed E-state index contributed by atoms with van der Waals surface area (Å²) in [6.45, 7) is 2.25. The number of carboxylic acid groups (broad SMARTS) is 1. The molecule has 3 unspecified atom stereocenters. The number of hydrogen-bond donors (Lipinski definition) is 1. The maximum atomic E-state index is 12.2. The minimum atomic E-state index is -0.719. The Labute approximate surface area is 177 Å². The number of carbonyl (C=O) groups is 1. The molecule has 1 saturated heterocycles. The monoisotopic (exact) mass is 398 g/mol. The standard InChI is InChI=1S/C26H26N2O2/c29-26(30)24-15-22-21-13-7-8-14-23(21)28(17-20-11-5-2-6-12-20)25(22)18-27(24)16-19-9-3-1-4-10-19/h1-14,22,24-25H,15-18H2,(H,29,30). The highest BCUT2D eigenvalue weighted by Gasteiger charge is 2.46. The summed E-state index contributed by atoms with van der Waals surface area (Å²) in [4.78, 5) is 16.8. The van der Waals surface area contributed by atoms with Crippen molar-refractivity contribution < 1.29 is 9.90 Å². The zero-order valence-electron chi connectivity index (χ0n) is 16.9. The summed E-state index contributed by atoms with van der Waals surface area (Å²) in [6, 6.07) is 29.1. The van der Waals surface area contributed by atoms with Gasteiger partial charge in [-0.05, 0) is 29.2 Å². The molecule has 3 aromatic rings. The van der Waals surface area contributed by atoms with Gasteiger partial charge in [0, 0.05) is 37.3 Å². The Morgan fingerprint density at radius 1 is 0.833 bits per heavy atom. The first-order valence-corrected chi connectivity index (χ1v) is 10.6. The number of para-hydroxylation sites is 1. The van der Waals surface area contributed by atoms with E-state index in [1.807, 2.05) is 24.3 Å². The van der Waals surface area contributed by atoms with Crippen LogP contribution in [0.1, 0.15) is 29.0 Å². The van der Waals surface area contributed by atoms with Crippen LogP contribution in [0.25, 0.3) is 0 Å². The fourth-order valence-electron chi connectivity index (χ4n) is 5.16. The van der Waals surface area contributed by atoms with Crippen molar-refractivity contribution in [3.63, 3.8) is 0 Å². The molecule has 1 fully saturated rings. The van der Waals surface area contributed by atoms with Gasteiger partial charge in [0.25, 0.3) is 0 Å². The fourth-order valence-corrected chi connectivity index (χ4v) is 5.16. The van der Waals surface area contributed by atoms with Crippen LogP contribution in [0.2, 0.25) is 0 Å². The highest BCUT2D eigenvalue weighted by Crippen LogP contribution is 2.47. The molecule has 4 nitrogen and oxygen atoms in total. The molecule has 4 heteroatoms. The SMILES string of the molecule is O=C(O)C1CC2c3ccccc3N(Cc3ccccc3)C2CN1Cc1ccccc1. The van der Waals surface area contributed by atoms with Gasteiger partial charge in [-0.15, -0.1) is 0 Å². The third-order valence-electron chi connectivity index (χ3n) is 6.56. The lowest BCUT2D eigenvalue weighted by atomic mass is 9.83. The highest BCUT2D eigenvalue weighted by molar-refractivity contribution is 5.75. The highest BCUT2D eigenvalue weighted by atomic mass is 16.4. The summed E-state index contributed by atoms with van der Waals surface area (Å²) in [5.74, 6) is -0.471. The predicted molar refractivity (Wildman–Crippen MR) is 118 cm³/mol. The molecule has 1 N–H and O–H groups in total. The lowest BCUT2D eigenvalue weighted by Crippen LogP contribution is -2.54. The number of anilines is 1. The van der Waals surface area contributed by atoms with Crippen LogP contribution < -0.4 is 4.90 Å². The minimum Gasteiger partial charge on any atom is -0.480 e. The summed E-state index contributed by atoms with van der Waals surface area (Å²) in [5.41, 5.74) is 4.99. The van der Waals surface area contributed by atoms with E-state index in [4.69, 9.17) is 0 Å². The van der Waals surface area contributed by atoms with Crippen LogP contribution in [0.3, 0.4) is 0 Å². The largest absolute Gasteiger partial charge is 0.480 e. The lowest BCUT2D eigenvalue weighted by Gasteiger charge is -2.43. The van der Waals surface area contributed by atoms with Crippen molar-refractivity contribution in [1.29, 1.82) is 0 Å². The van der Waals surface area contributed by atoms with Crippen LogP contribution in [0.4, 0.5) is 5.69 Å². The Hall–Kier alpha value is -3.11. The maximum absolute atomic E-state index is 12.2. The van der Waals surface area contributed by atoms with Crippen LogP contribution >= 0.6 is 0 Å². The van der Waals surface area contributed by atoms with Crippen molar-refractivity contribution in [3.05, 3.63) is 102 Å². The summed E-state index contributed by atoms with van der Waals surface area (Å²) in [7, 11) is 0. The molecular formula is C26H26N2O2. The molecular weight excluding hydrogens is 372 g/mol. The van der Waals surface area contributed by atoms with Crippen molar-refractivity contribution in [3.8, 4) is 0 Å². The number of piperidine rings is 1. The van der Waals surface area contributed by atoms with E-state index < -0.39 is 12.0 Å². The van der Waals surface area contributed by atoms with E-state index in [1.54, 1.807) is 0 Å². The van der Waals surface area contributed by atoms with Gasteiger partial charge in [-0.25, -0.2) is 0 Å². The number of carboxylic acids is 1. The second-order valence-electron chi connectivity index (χ2n) is 8.35. The molecule has 0 saturated carbocycles. The van der Waals surface area contributed by atoms with Gasteiger partial charge < -0.3 is 10.0 Å². The topological polar surface area (TPSA) is 43.8 Å². The van der Waals surface area contributed by atoms with Gasteiger partial charge in [-0.3, -0.25) is 9.69 Å². The molecule has 152 valence electrons. The van der Waals surface area contributed by atoms with Crippen molar-refractivity contribution in [2.45, 2.75) is 37.5 Å². The smallest absolute Gasteiger partial charge is 0.320 e. The number of fused-ring (bicyclic) bond motifs is 3. The van der Waals surface area contributed by atoms with E-state index in [0.717, 1.165) is 18.7 Å². The third-order valence-corrected chi connectivity index (χ3v) is 6.56. The first-order valence-electron chi connectivity index (χ1n) is 10.6. The van der Waals surface area contributed by atoms with Gasteiger partial charge in [0.05, 0.1) is 0 Å². The number of aliphatic carboxylic acids is 1. The summed E-state index contributed by atoms with van der Waals surface area (Å²) in [6.07, 6.45) is 0.648. The first kappa shape index (κ1) is 18.9. The van der Waals surface area contributed by atoms with Crippen LogP contribution in [0.5, 0.6) is 0 Å². The average Bonchev–Trinajstić information content (AvgIpc) is 3.07. The minimum absolute atomic E-state index is 0.248. The molecule has 0 amide bonds. The van der Waals surface area contributed by atoms with Crippen LogP contribution in [-0.4, -0.2) is 34.6 Å². The van der Waals surface area contributed by atoms with Crippen LogP contribution in [-0.2, 0) is 17.9 Å². The van der Waals surface area contributed by atoms with Crippen LogP contribution in [0.15, 0.2) is 84.9 Å². The van der Waals surface area contributed by atoms with E-state index in [-0.39, 0.29) is 12.0 Å². The molecule has 30 heavy (non-hydrogen) atoms. The van der Waals surface area contributed by atoms with Crippen molar-refractivity contribution >= 4 is 11.7 Å². The second kappa shape index (κ2) is 7.96. The molecule has 3 aromatic carbocycles. The number of hydrogen-bond acceptors (Lipinski definition) is 3. The molecule has 0 aromatic heterocycles. The number of nitrogens with zero attached hydrogens (tertiary/aromatic N) is 2. The van der Waals surface area contributed by atoms with E-state index in [1.165, 1.54) is 16.8 Å². The first-order chi connectivity index (χ1) is 14.7. The predicted octanol–water partition coefficient (Wildman–Crippen LogP) is 4.52. The van der Waals surface area contributed by atoms with Crippen LogP contribution in [0, 0.1) is 0 Å². The third kappa shape index (κ3) is 3.48. The average molecular weight is 399 g/mol. The van der Waals surface area contributed by atoms with Gasteiger partial charge in [-0.1, -0.05) is 78.9 Å². The molecule has 2 aliphatic heterocycles. The van der Waals surface area contributed by atoms with Crippen molar-refractivity contribution in [1.82, 2.24) is 4.90 Å². The molecule has 0 spiro atoms. The normalized spacial score (nSPS) is 23.1. The molecule has 0 bridgehead atoms. The van der Waals surface area contributed by atoms with Crippen molar-refractivity contribution in [2.24, 2.45) is 0 Å². The molecule has 2 aliphatic rings. The Morgan fingerprint density at radius 2 is 1.43 bits per heavy atom. The zero-order chi connectivity index (χ0) is 20.5. The van der Waals surface area contributed by atoms with Gasteiger partial charge in [0.15, 0.2) is 0 Å². The van der Waals surface area contributed by atoms with E-state index >= 15 is 0 Å². The van der Waals surface area contributed by atoms with Gasteiger partial charge in [0.2, 0.25) is 0 Å². The summed E-state index contributed by atoms with van der Waals surface area (Å²) in [5, 5.41) is 10.0. The molecule has 3 atom stereocenters. The quantitative estimate of drug-likeness (QED) is 0.686. The van der Waals surface area contributed by atoms with Gasteiger partial charge in [0.1, 0.15) is 6.04 Å². The number of likely N-dealkylation sites (tertiary alicyclic amines) is 1. The van der Waals surface area contributed by atoms with E-state index in [0.29, 0.717) is 13.0 Å². The second-order valence-corrected chi connectivity index (χ2v) is 8.35. The van der Waals surface area contributed by atoms with Crippen molar-refractivity contribution in [2.75, 3.05) is 11.4 Å². The Morgan fingerprint density at radius 3 is 2.10 bits per heavy atom. The molecule has 0 radical (unpaired) electrons. The summed E-state index contributed by atoms with van der Waals surface area (Å²) >= 11 is 0. The van der Waals surface area contributed by atoms with Gasteiger partial charge >= 0.3 is 5.97 Å². The Bertz CT molecular complexity index is 1020. The zero-order valence-corrected chi connectivity index (χ0v) is 16.9. The van der Waals surface area contributed by atoms with Gasteiger partial charge in [-0.2, -0.15) is 0 Å². The Balaban J connectivity index is 1.48. The lowest BCUT2D eigenvalue weighted by molar-refractivity contribution is -0.145. The number of rotatable bonds is 5. The molecule has 5 rings (SSSR count). The van der Waals surface area contributed by atoms with E-state index in [9.17, 15) is 9.90 Å². The van der Waals surface area contributed by atoms with E-state index in [2.05, 4.69) is 70.5 Å². The maximum Gasteiger partial charge on any atom is 0.320 e. The summed E-state index contributed by atoms with van der Waals surface area (Å²) < 4.78 is 0.